The largest absolute Gasteiger partial charge is 0.393 e. The molecular weight excluding hydrogens is 259 g/mol. The second-order valence-corrected chi connectivity index (χ2v) is 5.43. The van der Waals surface area contributed by atoms with E-state index >= 15 is 0 Å². The summed E-state index contributed by atoms with van der Waals surface area (Å²) in [5, 5.41) is 10.3. The summed E-state index contributed by atoms with van der Waals surface area (Å²) < 4.78 is 21.6. The molecule has 3 heterocycles. The molecule has 0 spiro atoms. The first-order chi connectivity index (χ1) is 9.77. The lowest BCUT2D eigenvalue weighted by molar-refractivity contribution is -0.0481. The molecule has 3 atom stereocenters. The van der Waals surface area contributed by atoms with Crippen molar-refractivity contribution in [2.75, 3.05) is 13.2 Å². The minimum absolute atomic E-state index is 0.0697. The van der Waals surface area contributed by atoms with Crippen LogP contribution in [0.5, 0.6) is 0 Å². The van der Waals surface area contributed by atoms with Crippen LogP contribution in [0, 0.1) is 11.7 Å². The van der Waals surface area contributed by atoms with Crippen LogP contribution in [-0.2, 0) is 4.74 Å². The van der Waals surface area contributed by atoms with Crippen molar-refractivity contribution >= 4 is 0 Å². The van der Waals surface area contributed by atoms with E-state index in [2.05, 4.69) is 4.98 Å². The number of rotatable bonds is 1. The first-order valence-corrected chi connectivity index (χ1v) is 6.84. The summed E-state index contributed by atoms with van der Waals surface area (Å²) in [7, 11) is 0. The molecule has 0 saturated carbocycles. The van der Waals surface area contributed by atoms with Crippen molar-refractivity contribution in [1.82, 2.24) is 9.55 Å². The highest BCUT2D eigenvalue weighted by Gasteiger charge is 2.40. The quantitative estimate of drug-likeness (QED) is 0.865. The van der Waals surface area contributed by atoms with Crippen LogP contribution in [0.2, 0.25) is 0 Å². The lowest BCUT2D eigenvalue weighted by Gasteiger charge is -2.33. The molecule has 20 heavy (non-hydrogen) atoms. The van der Waals surface area contributed by atoms with Gasteiger partial charge in [0.2, 0.25) is 0 Å². The molecule has 4 rings (SSSR count). The maximum Gasteiger partial charge on any atom is 0.132 e. The fraction of sp³-hybridized carbons (Fsp3) is 0.400. The van der Waals surface area contributed by atoms with Gasteiger partial charge in [0.05, 0.1) is 37.0 Å². The summed E-state index contributed by atoms with van der Waals surface area (Å²) >= 11 is 0. The molecule has 0 radical (unpaired) electrons. The first-order valence-electron chi connectivity index (χ1n) is 6.84. The molecule has 2 aliphatic rings. The number of benzene rings is 1. The number of nitrogens with zero attached hydrogens (tertiary/aromatic N) is 2. The average molecular weight is 274 g/mol. The van der Waals surface area contributed by atoms with Crippen molar-refractivity contribution in [3.05, 3.63) is 42.1 Å². The van der Waals surface area contributed by atoms with Gasteiger partial charge in [-0.3, -0.25) is 0 Å². The Morgan fingerprint density at radius 3 is 3.15 bits per heavy atom. The number of aliphatic hydroxyl groups is 1. The second-order valence-electron chi connectivity index (χ2n) is 5.43. The topological polar surface area (TPSA) is 47.3 Å². The molecule has 0 amide bonds. The zero-order chi connectivity index (χ0) is 13.7. The molecule has 5 heteroatoms. The first kappa shape index (κ1) is 12.1. The highest BCUT2D eigenvalue weighted by atomic mass is 19.1. The predicted octanol–water partition coefficient (Wildman–Crippen LogP) is 1.99. The van der Waals surface area contributed by atoms with Crippen molar-refractivity contribution in [2.45, 2.75) is 18.6 Å². The van der Waals surface area contributed by atoms with Gasteiger partial charge in [-0.2, -0.15) is 0 Å². The molecule has 1 fully saturated rings. The molecule has 0 aliphatic carbocycles. The van der Waals surface area contributed by atoms with Crippen molar-refractivity contribution in [3.8, 4) is 11.3 Å². The van der Waals surface area contributed by atoms with Gasteiger partial charge in [0.15, 0.2) is 0 Å². The van der Waals surface area contributed by atoms with Gasteiger partial charge < -0.3 is 14.4 Å². The third-order valence-electron chi connectivity index (χ3n) is 4.35. The number of hydrogen-bond donors (Lipinski definition) is 1. The second kappa shape index (κ2) is 4.40. The van der Waals surface area contributed by atoms with Crippen LogP contribution in [-0.4, -0.2) is 34.0 Å². The number of aliphatic hydroxyl groups excluding tert-OH is 1. The summed E-state index contributed by atoms with van der Waals surface area (Å²) in [5.41, 5.74) is 2.30. The summed E-state index contributed by atoms with van der Waals surface area (Å²) in [6.07, 6.45) is 3.58. The van der Waals surface area contributed by atoms with E-state index < -0.39 is 6.10 Å². The van der Waals surface area contributed by atoms with Crippen LogP contribution in [0.25, 0.3) is 11.3 Å². The Labute approximate surface area is 115 Å². The van der Waals surface area contributed by atoms with Gasteiger partial charge >= 0.3 is 0 Å². The normalized spacial score (nSPS) is 28.2. The fourth-order valence-electron chi connectivity index (χ4n) is 3.41. The SMILES string of the molecule is O[C@@H]1CCOC[C@H]1[C@H]1c2cccc(F)c2-c2cncn21. The lowest BCUT2D eigenvalue weighted by Crippen LogP contribution is -2.37. The van der Waals surface area contributed by atoms with Crippen molar-refractivity contribution in [3.63, 3.8) is 0 Å². The Morgan fingerprint density at radius 2 is 2.30 bits per heavy atom. The van der Waals surface area contributed by atoms with Gasteiger partial charge in [-0.05, 0) is 18.1 Å². The molecule has 2 aliphatic heterocycles. The molecule has 0 unspecified atom stereocenters. The summed E-state index contributed by atoms with van der Waals surface area (Å²) in [4.78, 5) is 4.13. The van der Waals surface area contributed by atoms with Crippen LogP contribution in [0.3, 0.4) is 0 Å². The summed E-state index contributed by atoms with van der Waals surface area (Å²) in [5.74, 6) is -0.308. The Morgan fingerprint density at radius 1 is 1.40 bits per heavy atom. The Kier molecular flexibility index (Phi) is 2.65. The Balaban J connectivity index is 1.87. The molecular formula is C15H15FN2O2. The summed E-state index contributed by atoms with van der Waals surface area (Å²) in [6.45, 7) is 1.07. The minimum atomic E-state index is -0.432. The van der Waals surface area contributed by atoms with Gasteiger partial charge in [0.25, 0.3) is 0 Å². The highest BCUT2D eigenvalue weighted by molar-refractivity contribution is 5.69. The van der Waals surface area contributed by atoms with Crippen LogP contribution in [0.15, 0.2) is 30.7 Å². The van der Waals surface area contributed by atoms with Crippen LogP contribution < -0.4 is 0 Å². The number of fused-ring (bicyclic) bond motifs is 3. The lowest BCUT2D eigenvalue weighted by atomic mass is 9.86. The van der Waals surface area contributed by atoms with Gasteiger partial charge in [0.1, 0.15) is 5.82 Å². The van der Waals surface area contributed by atoms with Crippen LogP contribution >= 0.6 is 0 Å². The number of ether oxygens (including phenoxy) is 1. The van der Waals surface area contributed by atoms with E-state index in [9.17, 15) is 9.50 Å². The molecule has 1 saturated heterocycles. The number of hydrogen-bond acceptors (Lipinski definition) is 3. The molecule has 1 aromatic carbocycles. The van der Waals surface area contributed by atoms with Crippen molar-refractivity contribution in [1.29, 1.82) is 0 Å². The van der Waals surface area contributed by atoms with E-state index in [1.165, 1.54) is 6.07 Å². The monoisotopic (exact) mass is 274 g/mol. The molecule has 1 N–H and O–H groups in total. The highest BCUT2D eigenvalue weighted by Crippen LogP contribution is 2.45. The molecule has 2 aromatic rings. The molecule has 104 valence electrons. The van der Waals surface area contributed by atoms with Gasteiger partial charge in [-0.1, -0.05) is 12.1 Å². The maximum atomic E-state index is 14.1. The van der Waals surface area contributed by atoms with Crippen molar-refractivity contribution in [2.24, 2.45) is 5.92 Å². The third-order valence-corrected chi connectivity index (χ3v) is 4.35. The standard InChI is InChI=1S/C15H15FN2O2/c16-11-3-1-2-9-14(11)12-6-17-8-18(12)15(9)10-7-20-5-4-13(10)19/h1-3,6,8,10,13,15,19H,4-5,7H2/t10-,13-,15-/m1/s1. The molecule has 4 nitrogen and oxygen atoms in total. The van der Waals surface area contributed by atoms with E-state index in [1.807, 2.05) is 10.6 Å². The number of halogens is 1. The van der Waals surface area contributed by atoms with Gasteiger partial charge in [0, 0.05) is 18.1 Å². The van der Waals surface area contributed by atoms with E-state index in [0.717, 1.165) is 11.3 Å². The predicted molar refractivity (Wildman–Crippen MR) is 70.7 cm³/mol. The summed E-state index contributed by atoms with van der Waals surface area (Å²) in [6, 6.07) is 5.01. The fourth-order valence-corrected chi connectivity index (χ4v) is 3.41. The zero-order valence-electron chi connectivity index (χ0n) is 10.9. The van der Waals surface area contributed by atoms with E-state index in [0.29, 0.717) is 25.2 Å². The zero-order valence-corrected chi connectivity index (χ0v) is 10.9. The smallest absolute Gasteiger partial charge is 0.132 e. The van der Waals surface area contributed by atoms with E-state index in [1.54, 1.807) is 18.6 Å². The number of imidazole rings is 1. The Hall–Kier alpha value is -1.72. The third kappa shape index (κ3) is 1.57. The van der Waals surface area contributed by atoms with Gasteiger partial charge in [-0.25, -0.2) is 9.37 Å². The van der Waals surface area contributed by atoms with Crippen molar-refractivity contribution < 1.29 is 14.2 Å². The van der Waals surface area contributed by atoms with E-state index in [-0.39, 0.29) is 17.8 Å². The number of aromatic nitrogens is 2. The maximum absolute atomic E-state index is 14.1. The average Bonchev–Trinajstić information content (AvgIpc) is 3.00. The van der Waals surface area contributed by atoms with Crippen LogP contribution in [0.1, 0.15) is 18.0 Å². The minimum Gasteiger partial charge on any atom is -0.393 e. The van der Waals surface area contributed by atoms with Crippen LogP contribution in [0.4, 0.5) is 4.39 Å². The molecule has 0 bridgehead atoms. The van der Waals surface area contributed by atoms with E-state index in [4.69, 9.17) is 4.74 Å². The Bertz CT molecular complexity index is 655. The van der Waals surface area contributed by atoms with Gasteiger partial charge in [-0.15, -0.1) is 0 Å². The molecule has 1 aromatic heterocycles.